The monoisotopic (exact) mass is 252 g/mol. The molecule has 0 aromatic carbocycles. The molecule has 6 heteroatoms. The molecule has 0 unspecified atom stereocenters. The summed E-state index contributed by atoms with van der Waals surface area (Å²) in [5, 5.41) is 4.06. The first-order valence-electron chi connectivity index (χ1n) is 6.25. The van der Waals surface area contributed by atoms with Gasteiger partial charge in [0.25, 0.3) is 0 Å². The van der Waals surface area contributed by atoms with Crippen molar-refractivity contribution in [3.8, 4) is 0 Å². The Kier molecular flexibility index (Phi) is 3.96. The molecule has 1 aliphatic rings. The number of carbonyl (C=O) groups excluding carboxylic acids is 1. The number of hydrogen-bond acceptors (Lipinski definition) is 5. The van der Waals surface area contributed by atoms with Crippen molar-refractivity contribution >= 4 is 5.97 Å². The van der Waals surface area contributed by atoms with Gasteiger partial charge in [-0.15, -0.1) is 0 Å². The standard InChI is InChI=1S/C12H20N4O2/c1-9-6-16(5-4-10(9)12(17)18-3)7-11-13-8-14-15(11)2/h8-10H,4-7H2,1-3H3/t9-,10+/m0/s1. The van der Waals surface area contributed by atoms with Gasteiger partial charge >= 0.3 is 5.97 Å². The summed E-state index contributed by atoms with van der Waals surface area (Å²) in [5.41, 5.74) is 0. The molecule has 18 heavy (non-hydrogen) atoms. The lowest BCUT2D eigenvalue weighted by Gasteiger charge is -2.35. The zero-order chi connectivity index (χ0) is 13.1. The van der Waals surface area contributed by atoms with Gasteiger partial charge < -0.3 is 4.74 Å². The molecule has 0 saturated carbocycles. The maximum Gasteiger partial charge on any atom is 0.309 e. The second-order valence-electron chi connectivity index (χ2n) is 4.93. The first-order chi connectivity index (χ1) is 8.61. The number of piperidine rings is 1. The number of carbonyl (C=O) groups is 1. The van der Waals surface area contributed by atoms with E-state index in [0.717, 1.165) is 31.9 Å². The van der Waals surface area contributed by atoms with E-state index in [1.54, 1.807) is 11.0 Å². The average Bonchev–Trinajstić information content (AvgIpc) is 2.74. The zero-order valence-electron chi connectivity index (χ0n) is 11.2. The highest BCUT2D eigenvalue weighted by atomic mass is 16.5. The fraction of sp³-hybridized carbons (Fsp3) is 0.750. The second-order valence-corrected chi connectivity index (χ2v) is 4.93. The number of hydrogen-bond donors (Lipinski definition) is 0. The predicted octanol–water partition coefficient (Wildman–Crippen LogP) is 0.446. The number of aromatic nitrogens is 3. The highest BCUT2D eigenvalue weighted by Gasteiger charge is 2.32. The Morgan fingerprint density at radius 2 is 2.39 bits per heavy atom. The van der Waals surface area contributed by atoms with Gasteiger partial charge in [0, 0.05) is 13.6 Å². The molecule has 1 aromatic rings. The maximum atomic E-state index is 11.6. The van der Waals surface area contributed by atoms with Crippen molar-refractivity contribution < 1.29 is 9.53 Å². The highest BCUT2D eigenvalue weighted by Crippen LogP contribution is 2.25. The molecular formula is C12H20N4O2. The summed E-state index contributed by atoms with van der Waals surface area (Å²) in [5.74, 6) is 1.23. The molecule has 2 atom stereocenters. The summed E-state index contributed by atoms with van der Waals surface area (Å²) in [6, 6.07) is 0. The van der Waals surface area contributed by atoms with Crippen LogP contribution in [-0.4, -0.2) is 45.8 Å². The van der Waals surface area contributed by atoms with Gasteiger partial charge in [-0.3, -0.25) is 14.4 Å². The maximum absolute atomic E-state index is 11.6. The van der Waals surface area contributed by atoms with E-state index in [1.807, 2.05) is 7.05 Å². The topological polar surface area (TPSA) is 60.2 Å². The Hall–Kier alpha value is -1.43. The third-order valence-electron chi connectivity index (χ3n) is 3.66. The minimum Gasteiger partial charge on any atom is -0.469 e. The molecule has 100 valence electrons. The Labute approximate surface area is 107 Å². The Morgan fingerprint density at radius 1 is 1.61 bits per heavy atom. The highest BCUT2D eigenvalue weighted by molar-refractivity contribution is 5.72. The van der Waals surface area contributed by atoms with Gasteiger partial charge in [-0.1, -0.05) is 6.92 Å². The van der Waals surface area contributed by atoms with Crippen molar-refractivity contribution in [2.24, 2.45) is 18.9 Å². The first-order valence-corrected chi connectivity index (χ1v) is 6.25. The molecular weight excluding hydrogens is 232 g/mol. The number of rotatable bonds is 3. The van der Waals surface area contributed by atoms with Crippen molar-refractivity contribution in [1.29, 1.82) is 0 Å². The van der Waals surface area contributed by atoms with Crippen molar-refractivity contribution in [2.45, 2.75) is 19.9 Å². The summed E-state index contributed by atoms with van der Waals surface area (Å²) in [6.07, 6.45) is 2.42. The van der Waals surface area contributed by atoms with E-state index >= 15 is 0 Å². The number of nitrogens with zero attached hydrogens (tertiary/aromatic N) is 4. The molecule has 0 N–H and O–H groups in total. The minimum atomic E-state index is -0.0826. The third-order valence-corrected chi connectivity index (χ3v) is 3.66. The van der Waals surface area contributed by atoms with E-state index < -0.39 is 0 Å². The molecule has 0 aliphatic carbocycles. The van der Waals surface area contributed by atoms with Crippen LogP contribution in [0, 0.1) is 11.8 Å². The number of methoxy groups -OCH3 is 1. The largest absolute Gasteiger partial charge is 0.469 e. The zero-order valence-corrected chi connectivity index (χ0v) is 11.2. The summed E-state index contributed by atoms with van der Waals surface area (Å²) in [6.45, 7) is 4.68. The van der Waals surface area contributed by atoms with Crippen molar-refractivity contribution in [2.75, 3.05) is 20.2 Å². The normalized spacial score (nSPS) is 25.1. The number of esters is 1. The molecule has 6 nitrogen and oxygen atoms in total. The third kappa shape index (κ3) is 2.69. The van der Waals surface area contributed by atoms with E-state index in [9.17, 15) is 4.79 Å². The molecule has 0 bridgehead atoms. The van der Waals surface area contributed by atoms with Crippen molar-refractivity contribution in [3.63, 3.8) is 0 Å². The van der Waals surface area contributed by atoms with Crippen LogP contribution in [0.3, 0.4) is 0 Å². The lowest BCUT2D eigenvalue weighted by atomic mass is 9.87. The van der Waals surface area contributed by atoms with Gasteiger partial charge in [-0.25, -0.2) is 4.98 Å². The number of likely N-dealkylation sites (tertiary alicyclic amines) is 1. The molecule has 1 fully saturated rings. The van der Waals surface area contributed by atoms with Crippen LogP contribution in [0.2, 0.25) is 0 Å². The van der Waals surface area contributed by atoms with E-state index in [1.165, 1.54) is 7.11 Å². The molecule has 1 aliphatic heterocycles. The van der Waals surface area contributed by atoms with E-state index in [2.05, 4.69) is 21.9 Å². The summed E-state index contributed by atoms with van der Waals surface area (Å²) < 4.78 is 6.63. The quantitative estimate of drug-likeness (QED) is 0.731. The summed E-state index contributed by atoms with van der Waals surface area (Å²) >= 11 is 0. The molecule has 1 saturated heterocycles. The molecule has 0 amide bonds. The molecule has 2 rings (SSSR count). The van der Waals surface area contributed by atoms with Gasteiger partial charge in [0.15, 0.2) is 0 Å². The second kappa shape index (κ2) is 5.48. The van der Waals surface area contributed by atoms with E-state index in [-0.39, 0.29) is 11.9 Å². The van der Waals surface area contributed by atoms with Gasteiger partial charge in [0.2, 0.25) is 0 Å². The van der Waals surface area contributed by atoms with Crippen LogP contribution in [0.1, 0.15) is 19.2 Å². The van der Waals surface area contributed by atoms with Crippen LogP contribution in [0.5, 0.6) is 0 Å². The van der Waals surface area contributed by atoms with Gasteiger partial charge in [0.05, 0.1) is 19.6 Å². The van der Waals surface area contributed by atoms with Crippen LogP contribution in [0.25, 0.3) is 0 Å². The van der Waals surface area contributed by atoms with Crippen LogP contribution in [0.15, 0.2) is 6.33 Å². The molecule has 0 radical (unpaired) electrons. The number of aryl methyl sites for hydroxylation is 1. The predicted molar refractivity (Wildman–Crippen MR) is 65.6 cm³/mol. The SMILES string of the molecule is COC(=O)[C@@H]1CCN(Cc2ncnn2C)C[C@@H]1C. The van der Waals surface area contributed by atoms with Crippen LogP contribution >= 0.6 is 0 Å². The van der Waals surface area contributed by atoms with Gasteiger partial charge in [-0.2, -0.15) is 5.10 Å². The Bertz CT molecular complexity index is 418. The fourth-order valence-electron chi connectivity index (χ4n) is 2.54. The summed E-state index contributed by atoms with van der Waals surface area (Å²) in [7, 11) is 3.36. The lowest BCUT2D eigenvalue weighted by Crippen LogP contribution is -2.42. The van der Waals surface area contributed by atoms with Crippen molar-refractivity contribution in [3.05, 3.63) is 12.2 Å². The van der Waals surface area contributed by atoms with Crippen molar-refractivity contribution in [1.82, 2.24) is 19.7 Å². The fourth-order valence-corrected chi connectivity index (χ4v) is 2.54. The smallest absolute Gasteiger partial charge is 0.309 e. The molecule has 2 heterocycles. The summed E-state index contributed by atoms with van der Waals surface area (Å²) in [4.78, 5) is 18.1. The van der Waals surface area contributed by atoms with Crippen LogP contribution in [-0.2, 0) is 23.1 Å². The average molecular weight is 252 g/mol. The van der Waals surface area contributed by atoms with Gasteiger partial charge in [0.1, 0.15) is 12.2 Å². The van der Waals surface area contributed by atoms with E-state index in [0.29, 0.717) is 5.92 Å². The van der Waals surface area contributed by atoms with Crippen LogP contribution in [0.4, 0.5) is 0 Å². The minimum absolute atomic E-state index is 0.0331. The first kappa shape index (κ1) is 13.0. The Morgan fingerprint density at radius 3 is 2.94 bits per heavy atom. The number of ether oxygens (including phenoxy) is 1. The van der Waals surface area contributed by atoms with Gasteiger partial charge in [-0.05, 0) is 18.9 Å². The van der Waals surface area contributed by atoms with Crippen LogP contribution < -0.4 is 0 Å². The molecule has 1 aromatic heterocycles. The van der Waals surface area contributed by atoms with E-state index in [4.69, 9.17) is 4.74 Å². The lowest BCUT2D eigenvalue weighted by molar-refractivity contribution is -0.149. The Balaban J connectivity index is 1.92. The molecule has 0 spiro atoms.